The summed E-state index contributed by atoms with van der Waals surface area (Å²) in [5, 5.41) is 10.6. The lowest BCUT2D eigenvalue weighted by Crippen LogP contribution is -2.64. The van der Waals surface area contributed by atoms with Gasteiger partial charge in [0.1, 0.15) is 18.8 Å². The molecule has 2 heterocycles. The van der Waals surface area contributed by atoms with E-state index in [2.05, 4.69) is 0 Å². The molecule has 0 aromatic rings. The zero-order valence-corrected chi connectivity index (χ0v) is 25.1. The SMILES string of the molecule is CC(=O)OC[C@@H]1O[C@@H](OC[C@H]2O[C@@H](O)[C@@H](OC(C)=O)[C@@H](OC(C)=O)[C@H]2OC(C)=O)[C@@H](OC(C)=O)[C@@H](OC(C)=O)[C@H]1OC(C)=O. The molecule has 44 heavy (non-hydrogen) atoms. The average Bonchev–Trinajstić information content (AvgIpc) is 2.87. The highest BCUT2D eigenvalue weighted by Crippen LogP contribution is 2.32. The van der Waals surface area contributed by atoms with Crippen molar-refractivity contribution in [2.75, 3.05) is 13.2 Å². The number of carbonyl (C=O) groups is 7. The molecule has 0 aliphatic carbocycles. The average molecular weight is 637 g/mol. The van der Waals surface area contributed by atoms with E-state index in [4.69, 9.17) is 47.4 Å². The molecule has 0 radical (unpaired) electrons. The fourth-order valence-electron chi connectivity index (χ4n) is 4.52. The van der Waals surface area contributed by atoms with Gasteiger partial charge in [-0.25, -0.2) is 0 Å². The van der Waals surface area contributed by atoms with Gasteiger partial charge in [-0.3, -0.25) is 33.6 Å². The Balaban J connectivity index is 2.48. The first-order valence-corrected chi connectivity index (χ1v) is 13.3. The van der Waals surface area contributed by atoms with Gasteiger partial charge in [-0.05, 0) is 0 Å². The molecule has 2 saturated heterocycles. The van der Waals surface area contributed by atoms with Crippen LogP contribution in [0.2, 0.25) is 0 Å². The van der Waals surface area contributed by atoms with Crippen molar-refractivity contribution >= 4 is 41.8 Å². The third kappa shape index (κ3) is 10.7. The molecule has 0 bridgehead atoms. The Hall–Kier alpha value is -3.87. The van der Waals surface area contributed by atoms with E-state index < -0.39 is 116 Å². The molecule has 0 spiro atoms. The molecular formula is C26H36O18. The predicted molar refractivity (Wildman–Crippen MR) is 135 cm³/mol. The zero-order chi connectivity index (χ0) is 33.3. The van der Waals surface area contributed by atoms with E-state index in [0.717, 1.165) is 48.5 Å². The van der Waals surface area contributed by atoms with Crippen LogP contribution in [0.1, 0.15) is 48.5 Å². The molecular weight excluding hydrogens is 600 g/mol. The molecule has 0 unspecified atom stereocenters. The van der Waals surface area contributed by atoms with Gasteiger partial charge in [0.05, 0.1) is 6.61 Å². The molecule has 2 aliphatic heterocycles. The molecule has 0 amide bonds. The van der Waals surface area contributed by atoms with Gasteiger partial charge in [-0.15, -0.1) is 0 Å². The van der Waals surface area contributed by atoms with E-state index in [1.807, 2.05) is 0 Å². The van der Waals surface area contributed by atoms with Crippen LogP contribution in [0.4, 0.5) is 0 Å². The molecule has 18 nitrogen and oxygen atoms in total. The fraction of sp³-hybridized carbons (Fsp3) is 0.731. The Bertz CT molecular complexity index is 1090. The number of hydrogen-bond acceptors (Lipinski definition) is 18. The standard InChI is InChI=1S/C26H36O18/c1-10(27)35-8-18-20(38-12(3)29)22(40-14(5)31)24(42-16(7)33)26(44-18)36-9-17-19(37-11(2)28)21(39-13(4)30)23(25(34)43-17)41-15(6)32/h17-26,34H,8-9H2,1-7H3/t17-,18+,19+,20+,21+,22+,23+,24+,25-,26-/m1/s1. The van der Waals surface area contributed by atoms with Crippen molar-refractivity contribution in [2.24, 2.45) is 0 Å². The van der Waals surface area contributed by atoms with Crippen molar-refractivity contribution in [3.05, 3.63) is 0 Å². The summed E-state index contributed by atoms with van der Waals surface area (Å²) in [6.07, 6.45) is -15.6. The van der Waals surface area contributed by atoms with E-state index in [1.54, 1.807) is 0 Å². The van der Waals surface area contributed by atoms with Gasteiger partial charge in [0.25, 0.3) is 0 Å². The molecule has 18 heteroatoms. The summed E-state index contributed by atoms with van der Waals surface area (Å²) in [6.45, 7) is 6.15. The third-order valence-corrected chi connectivity index (χ3v) is 5.89. The highest BCUT2D eigenvalue weighted by atomic mass is 16.7. The van der Waals surface area contributed by atoms with Crippen molar-refractivity contribution in [3.8, 4) is 0 Å². The Morgan fingerprint density at radius 2 is 0.841 bits per heavy atom. The number of carbonyl (C=O) groups excluding carboxylic acids is 7. The van der Waals surface area contributed by atoms with Crippen molar-refractivity contribution in [2.45, 2.75) is 110 Å². The summed E-state index contributed by atoms with van der Waals surface area (Å²) in [6, 6.07) is 0. The summed E-state index contributed by atoms with van der Waals surface area (Å²) < 4.78 is 53.7. The van der Waals surface area contributed by atoms with Crippen LogP contribution in [0.25, 0.3) is 0 Å². The Kier molecular flexibility index (Phi) is 13.4. The number of ether oxygens (including phenoxy) is 10. The third-order valence-electron chi connectivity index (χ3n) is 5.89. The minimum Gasteiger partial charge on any atom is -0.463 e. The van der Waals surface area contributed by atoms with Crippen molar-refractivity contribution in [1.82, 2.24) is 0 Å². The van der Waals surface area contributed by atoms with E-state index >= 15 is 0 Å². The molecule has 2 rings (SSSR count). The van der Waals surface area contributed by atoms with E-state index in [1.165, 1.54) is 0 Å². The van der Waals surface area contributed by atoms with Gasteiger partial charge in [-0.1, -0.05) is 0 Å². The van der Waals surface area contributed by atoms with Crippen LogP contribution in [0.15, 0.2) is 0 Å². The second kappa shape index (κ2) is 16.3. The van der Waals surface area contributed by atoms with Crippen LogP contribution < -0.4 is 0 Å². The summed E-state index contributed by atoms with van der Waals surface area (Å²) >= 11 is 0. The number of aliphatic hydroxyl groups excluding tert-OH is 1. The second-order valence-corrected chi connectivity index (χ2v) is 9.69. The zero-order valence-electron chi connectivity index (χ0n) is 25.1. The highest BCUT2D eigenvalue weighted by Gasteiger charge is 2.55. The van der Waals surface area contributed by atoms with Gasteiger partial charge in [0.2, 0.25) is 0 Å². The van der Waals surface area contributed by atoms with Gasteiger partial charge in [-0.2, -0.15) is 0 Å². The van der Waals surface area contributed by atoms with E-state index in [9.17, 15) is 38.7 Å². The second-order valence-electron chi connectivity index (χ2n) is 9.69. The number of aliphatic hydroxyl groups is 1. The minimum absolute atomic E-state index is 0.523. The van der Waals surface area contributed by atoms with Crippen LogP contribution in [-0.4, -0.2) is 122 Å². The Morgan fingerprint density at radius 1 is 0.477 bits per heavy atom. The molecule has 1 N–H and O–H groups in total. The molecule has 248 valence electrons. The summed E-state index contributed by atoms with van der Waals surface area (Å²) in [4.78, 5) is 83.0. The van der Waals surface area contributed by atoms with E-state index in [0.29, 0.717) is 0 Å². The predicted octanol–water partition coefficient (Wildman–Crippen LogP) is -1.40. The number of hydrogen-bond donors (Lipinski definition) is 1. The van der Waals surface area contributed by atoms with Crippen molar-refractivity contribution < 1.29 is 86.0 Å². The quantitative estimate of drug-likeness (QED) is 0.203. The van der Waals surface area contributed by atoms with Gasteiger partial charge in [0.15, 0.2) is 49.2 Å². The molecule has 0 aromatic heterocycles. The first kappa shape index (κ1) is 36.3. The lowest BCUT2D eigenvalue weighted by Gasteiger charge is -2.45. The summed E-state index contributed by atoms with van der Waals surface area (Å²) in [5.74, 6) is -5.94. The van der Waals surface area contributed by atoms with E-state index in [-0.39, 0.29) is 0 Å². The highest BCUT2D eigenvalue weighted by molar-refractivity contribution is 5.69. The van der Waals surface area contributed by atoms with Crippen LogP contribution in [0.3, 0.4) is 0 Å². The first-order valence-electron chi connectivity index (χ1n) is 13.3. The minimum atomic E-state index is -1.90. The number of esters is 7. The van der Waals surface area contributed by atoms with Crippen LogP contribution in [-0.2, 0) is 80.9 Å². The van der Waals surface area contributed by atoms with Gasteiger partial charge < -0.3 is 52.5 Å². The van der Waals surface area contributed by atoms with Crippen LogP contribution in [0, 0.1) is 0 Å². The molecule has 0 saturated carbocycles. The smallest absolute Gasteiger partial charge is 0.303 e. The first-order chi connectivity index (χ1) is 20.5. The lowest BCUT2D eigenvalue weighted by molar-refractivity contribution is -0.330. The molecule has 2 aliphatic rings. The normalized spacial score (nSPS) is 31.5. The summed E-state index contributed by atoms with van der Waals surface area (Å²) in [5.41, 5.74) is 0. The molecule has 2 fully saturated rings. The lowest BCUT2D eigenvalue weighted by atomic mass is 9.97. The van der Waals surface area contributed by atoms with Crippen LogP contribution >= 0.6 is 0 Å². The maximum absolute atomic E-state index is 12.1. The number of rotatable bonds is 11. The monoisotopic (exact) mass is 636 g/mol. The van der Waals surface area contributed by atoms with Crippen molar-refractivity contribution in [3.63, 3.8) is 0 Å². The Morgan fingerprint density at radius 3 is 1.27 bits per heavy atom. The maximum atomic E-state index is 12.1. The van der Waals surface area contributed by atoms with Crippen molar-refractivity contribution in [1.29, 1.82) is 0 Å². The van der Waals surface area contributed by atoms with Crippen LogP contribution in [0.5, 0.6) is 0 Å². The maximum Gasteiger partial charge on any atom is 0.303 e. The summed E-state index contributed by atoms with van der Waals surface area (Å²) in [7, 11) is 0. The van der Waals surface area contributed by atoms with Gasteiger partial charge >= 0.3 is 41.8 Å². The molecule has 10 atom stereocenters. The van der Waals surface area contributed by atoms with Gasteiger partial charge in [0, 0.05) is 48.5 Å². The largest absolute Gasteiger partial charge is 0.463 e. The molecule has 0 aromatic carbocycles. The topological polar surface area (TPSA) is 232 Å². The fourth-order valence-corrected chi connectivity index (χ4v) is 4.52. The Labute approximate surface area is 251 Å².